The molecule has 0 aliphatic carbocycles. The van der Waals surface area contributed by atoms with Gasteiger partial charge in [-0.3, -0.25) is 4.98 Å². The van der Waals surface area contributed by atoms with Crippen LogP contribution in [0.5, 0.6) is 17.4 Å². The molecule has 0 aliphatic rings. The molecular weight excluding hydrogens is 340 g/mol. The first-order valence-corrected chi connectivity index (χ1v) is 6.86. The van der Waals surface area contributed by atoms with Crippen LogP contribution in [0.25, 0.3) is 0 Å². The fraction of sp³-hybridized carbons (Fsp3) is 0.286. The lowest BCUT2D eigenvalue weighted by Crippen LogP contribution is -2.07. The minimum atomic E-state index is -1.01. The van der Waals surface area contributed by atoms with Crippen molar-refractivity contribution in [2.24, 2.45) is 0 Å². The molecule has 1 atom stereocenters. The number of nitrogens with zero attached hydrogens (tertiary/aromatic N) is 2. The van der Waals surface area contributed by atoms with E-state index < -0.39 is 6.10 Å². The molecule has 1 heterocycles. The van der Waals surface area contributed by atoms with Crippen molar-refractivity contribution in [1.82, 2.24) is 9.97 Å². The molecule has 2 aromatic rings. The minimum absolute atomic E-state index is 0.270. The van der Waals surface area contributed by atoms with Gasteiger partial charge in [0.1, 0.15) is 11.8 Å². The zero-order valence-corrected chi connectivity index (χ0v) is 13.4. The summed E-state index contributed by atoms with van der Waals surface area (Å²) in [5.41, 5.74) is 0.902. The van der Waals surface area contributed by atoms with Crippen molar-refractivity contribution in [2.45, 2.75) is 6.10 Å². The molecule has 0 saturated carbocycles. The van der Waals surface area contributed by atoms with Gasteiger partial charge >= 0.3 is 0 Å². The number of aromatic nitrogens is 2. The molecule has 1 aromatic heterocycles. The molecule has 0 radical (unpaired) electrons. The maximum Gasteiger partial charge on any atom is 0.238 e. The molecule has 0 amide bonds. The Hall–Kier alpha value is -1.86. The van der Waals surface area contributed by atoms with E-state index >= 15 is 0 Å². The summed E-state index contributed by atoms with van der Waals surface area (Å²) in [5, 5.41) is 10.6. The van der Waals surface area contributed by atoms with Gasteiger partial charge in [0.05, 0.1) is 21.3 Å². The third-order valence-corrected chi connectivity index (χ3v) is 3.63. The topological polar surface area (TPSA) is 73.7 Å². The Morgan fingerprint density at radius 2 is 1.62 bits per heavy atom. The smallest absolute Gasteiger partial charge is 0.238 e. The third kappa shape index (κ3) is 3.08. The van der Waals surface area contributed by atoms with E-state index in [0.717, 1.165) is 0 Å². The molecule has 0 bridgehead atoms. The predicted octanol–water partition coefficient (Wildman–Crippen LogP) is 2.35. The number of rotatable bonds is 5. The van der Waals surface area contributed by atoms with Crippen LogP contribution in [0, 0.1) is 0 Å². The average Bonchev–Trinajstić information content (AvgIpc) is 2.53. The molecule has 7 heteroatoms. The normalized spacial score (nSPS) is 11.9. The van der Waals surface area contributed by atoms with Crippen LogP contribution in [0.3, 0.4) is 0 Å². The first-order chi connectivity index (χ1) is 10.1. The van der Waals surface area contributed by atoms with Crippen LogP contribution in [-0.4, -0.2) is 36.4 Å². The maximum absolute atomic E-state index is 10.6. The minimum Gasteiger partial charge on any atom is -0.493 e. The summed E-state index contributed by atoms with van der Waals surface area (Å²) in [4.78, 5) is 8.17. The Morgan fingerprint density at radius 1 is 1.00 bits per heavy atom. The van der Waals surface area contributed by atoms with Crippen LogP contribution in [0.2, 0.25) is 0 Å². The molecule has 2 rings (SSSR count). The molecule has 1 N–H and O–H groups in total. The summed E-state index contributed by atoms with van der Waals surface area (Å²) in [6.07, 6.45) is 1.98. The summed E-state index contributed by atoms with van der Waals surface area (Å²) in [6.45, 7) is 0. The number of hydrogen-bond donors (Lipinski definition) is 1. The number of halogens is 1. The fourth-order valence-electron chi connectivity index (χ4n) is 1.91. The van der Waals surface area contributed by atoms with Gasteiger partial charge < -0.3 is 19.3 Å². The molecule has 1 unspecified atom stereocenters. The van der Waals surface area contributed by atoms with E-state index in [1.54, 1.807) is 19.2 Å². The SMILES string of the molecule is COc1cc(Br)c(C(O)c2nccnc2OC)cc1OC. The van der Waals surface area contributed by atoms with Crippen molar-refractivity contribution in [3.63, 3.8) is 0 Å². The van der Waals surface area contributed by atoms with Crippen LogP contribution in [-0.2, 0) is 0 Å². The lowest BCUT2D eigenvalue weighted by Gasteiger charge is -2.17. The molecule has 0 spiro atoms. The van der Waals surface area contributed by atoms with Crippen LogP contribution in [0.1, 0.15) is 17.4 Å². The van der Waals surface area contributed by atoms with E-state index in [-0.39, 0.29) is 5.88 Å². The molecule has 112 valence electrons. The summed E-state index contributed by atoms with van der Waals surface area (Å²) < 4.78 is 16.3. The maximum atomic E-state index is 10.6. The van der Waals surface area contributed by atoms with Gasteiger partial charge in [-0.1, -0.05) is 15.9 Å². The molecule has 0 saturated heterocycles. The number of ether oxygens (including phenoxy) is 3. The number of hydrogen-bond acceptors (Lipinski definition) is 6. The standard InChI is InChI=1S/C14H15BrN2O4/c1-19-10-6-8(9(15)7-11(10)20-2)13(18)12-14(21-3)17-5-4-16-12/h4-7,13,18H,1-3H3. The van der Waals surface area contributed by atoms with Crippen LogP contribution in [0.15, 0.2) is 29.0 Å². The van der Waals surface area contributed by atoms with E-state index in [9.17, 15) is 5.11 Å². The van der Waals surface area contributed by atoms with E-state index in [2.05, 4.69) is 25.9 Å². The van der Waals surface area contributed by atoms with Crippen LogP contribution >= 0.6 is 15.9 Å². The van der Waals surface area contributed by atoms with Gasteiger partial charge in [0.25, 0.3) is 0 Å². The van der Waals surface area contributed by atoms with Gasteiger partial charge in [-0.15, -0.1) is 0 Å². The predicted molar refractivity (Wildman–Crippen MR) is 79.9 cm³/mol. The monoisotopic (exact) mass is 354 g/mol. The molecular formula is C14H15BrN2O4. The van der Waals surface area contributed by atoms with E-state index in [1.165, 1.54) is 26.6 Å². The third-order valence-electron chi connectivity index (χ3n) is 2.94. The van der Waals surface area contributed by atoms with Crippen LogP contribution in [0.4, 0.5) is 0 Å². The van der Waals surface area contributed by atoms with Crippen molar-refractivity contribution < 1.29 is 19.3 Å². The second kappa shape index (κ2) is 6.73. The van der Waals surface area contributed by atoms with Crippen molar-refractivity contribution in [3.8, 4) is 17.4 Å². The fourth-order valence-corrected chi connectivity index (χ4v) is 2.45. The zero-order valence-electron chi connectivity index (χ0n) is 11.8. The Morgan fingerprint density at radius 3 is 2.24 bits per heavy atom. The quantitative estimate of drug-likeness (QED) is 0.888. The highest BCUT2D eigenvalue weighted by atomic mass is 79.9. The van der Waals surface area contributed by atoms with Gasteiger partial charge in [0.2, 0.25) is 5.88 Å². The van der Waals surface area contributed by atoms with Gasteiger partial charge in [0, 0.05) is 22.4 Å². The Kier molecular flexibility index (Phi) is 4.98. The number of benzene rings is 1. The van der Waals surface area contributed by atoms with E-state index in [1.807, 2.05) is 0 Å². The molecule has 1 aromatic carbocycles. The molecule has 6 nitrogen and oxygen atoms in total. The number of aliphatic hydroxyl groups is 1. The van der Waals surface area contributed by atoms with Gasteiger partial charge in [-0.05, 0) is 12.1 Å². The van der Waals surface area contributed by atoms with Crippen molar-refractivity contribution in [2.75, 3.05) is 21.3 Å². The molecule has 0 aliphatic heterocycles. The number of aliphatic hydroxyl groups excluding tert-OH is 1. The first-order valence-electron chi connectivity index (χ1n) is 6.06. The molecule has 21 heavy (non-hydrogen) atoms. The van der Waals surface area contributed by atoms with E-state index in [0.29, 0.717) is 27.2 Å². The number of methoxy groups -OCH3 is 3. The van der Waals surface area contributed by atoms with Gasteiger partial charge in [0.15, 0.2) is 11.5 Å². The van der Waals surface area contributed by atoms with Crippen molar-refractivity contribution >= 4 is 15.9 Å². The van der Waals surface area contributed by atoms with Crippen molar-refractivity contribution in [1.29, 1.82) is 0 Å². The highest BCUT2D eigenvalue weighted by Crippen LogP contribution is 2.38. The van der Waals surface area contributed by atoms with Crippen LogP contribution < -0.4 is 14.2 Å². The highest BCUT2D eigenvalue weighted by molar-refractivity contribution is 9.10. The van der Waals surface area contributed by atoms with Crippen molar-refractivity contribution in [3.05, 3.63) is 40.3 Å². The summed E-state index contributed by atoms with van der Waals surface area (Å²) >= 11 is 3.41. The zero-order chi connectivity index (χ0) is 15.4. The summed E-state index contributed by atoms with van der Waals surface area (Å²) in [5.74, 6) is 1.34. The Bertz CT molecular complexity index is 636. The lowest BCUT2D eigenvalue weighted by molar-refractivity contribution is 0.206. The highest BCUT2D eigenvalue weighted by Gasteiger charge is 2.22. The lowest BCUT2D eigenvalue weighted by atomic mass is 10.1. The largest absolute Gasteiger partial charge is 0.493 e. The second-order valence-electron chi connectivity index (χ2n) is 4.08. The average molecular weight is 355 g/mol. The second-order valence-corrected chi connectivity index (χ2v) is 4.94. The van der Waals surface area contributed by atoms with E-state index in [4.69, 9.17) is 14.2 Å². The summed E-state index contributed by atoms with van der Waals surface area (Å²) in [6, 6.07) is 3.40. The Balaban J connectivity index is 2.50. The van der Waals surface area contributed by atoms with Gasteiger partial charge in [-0.25, -0.2) is 4.98 Å². The summed E-state index contributed by atoms with van der Waals surface area (Å²) in [7, 11) is 4.56. The Labute approximate surface area is 130 Å². The van der Waals surface area contributed by atoms with Gasteiger partial charge in [-0.2, -0.15) is 0 Å². The molecule has 0 fully saturated rings. The first kappa shape index (κ1) is 15.5.